The van der Waals surface area contributed by atoms with Crippen LogP contribution in [0, 0.1) is 0 Å². The molecule has 0 radical (unpaired) electrons. The summed E-state index contributed by atoms with van der Waals surface area (Å²) in [4.78, 5) is 13.1. The van der Waals surface area contributed by atoms with Crippen molar-refractivity contribution < 1.29 is 14.6 Å². The minimum Gasteiger partial charge on any atom is -0.481 e. The molecule has 2 rings (SSSR count). The zero-order chi connectivity index (χ0) is 15.2. The van der Waals surface area contributed by atoms with Crippen LogP contribution < -0.4 is 10.6 Å². The lowest BCUT2D eigenvalue weighted by molar-refractivity contribution is -0.136. The quantitative estimate of drug-likeness (QED) is 0.788. The minimum atomic E-state index is -0.784. The van der Waals surface area contributed by atoms with Crippen molar-refractivity contribution in [2.24, 2.45) is 0 Å². The molecule has 1 aromatic carbocycles. The third kappa shape index (κ3) is 4.11. The van der Waals surface area contributed by atoms with Crippen molar-refractivity contribution in [1.82, 2.24) is 0 Å². The highest BCUT2D eigenvalue weighted by Gasteiger charge is 2.28. The fraction of sp³-hybridized carbons (Fsp3) is 0.562. The first-order valence-electron chi connectivity index (χ1n) is 7.47. The number of nitrogens with two attached hydrogens (primary N) is 1. The zero-order valence-electron chi connectivity index (χ0n) is 12.5. The van der Waals surface area contributed by atoms with Gasteiger partial charge in [0.15, 0.2) is 0 Å². The minimum absolute atomic E-state index is 0.114. The molecule has 3 N–H and O–H groups in total. The number of rotatable bonds is 6. The summed E-state index contributed by atoms with van der Waals surface area (Å²) in [6, 6.07) is 7.95. The predicted molar refractivity (Wildman–Crippen MR) is 83.5 cm³/mol. The first kappa shape index (κ1) is 15.6. The second-order valence-corrected chi connectivity index (χ2v) is 5.57. The summed E-state index contributed by atoms with van der Waals surface area (Å²) >= 11 is 0. The summed E-state index contributed by atoms with van der Waals surface area (Å²) in [5, 5.41) is 8.99. The van der Waals surface area contributed by atoms with E-state index in [2.05, 4.69) is 4.90 Å². The van der Waals surface area contributed by atoms with Crippen LogP contribution in [0.4, 0.5) is 11.4 Å². The highest BCUT2D eigenvalue weighted by Crippen LogP contribution is 2.31. The summed E-state index contributed by atoms with van der Waals surface area (Å²) in [6.45, 7) is 0.477. The zero-order valence-corrected chi connectivity index (χ0v) is 12.5. The van der Waals surface area contributed by atoms with Gasteiger partial charge in [-0.3, -0.25) is 4.79 Å². The van der Waals surface area contributed by atoms with E-state index in [-0.39, 0.29) is 18.6 Å². The van der Waals surface area contributed by atoms with Crippen LogP contribution in [-0.4, -0.2) is 36.9 Å². The van der Waals surface area contributed by atoms with Crippen molar-refractivity contribution in [2.45, 2.75) is 44.2 Å². The molecule has 0 amide bonds. The molecule has 21 heavy (non-hydrogen) atoms. The van der Waals surface area contributed by atoms with Crippen molar-refractivity contribution in [1.29, 1.82) is 0 Å². The summed E-state index contributed by atoms with van der Waals surface area (Å²) in [6.07, 6.45) is 4.51. The normalized spacial score (nSPS) is 22.0. The lowest BCUT2D eigenvalue weighted by atomic mass is 9.91. The van der Waals surface area contributed by atoms with Gasteiger partial charge in [0.05, 0.1) is 23.9 Å². The predicted octanol–water partition coefficient (Wildman–Crippen LogP) is 2.51. The van der Waals surface area contributed by atoms with Crippen LogP contribution in [0.5, 0.6) is 0 Å². The Labute approximate surface area is 125 Å². The van der Waals surface area contributed by atoms with E-state index in [9.17, 15) is 4.79 Å². The number of carbonyl (C=O) groups is 1. The van der Waals surface area contributed by atoms with Gasteiger partial charge < -0.3 is 20.5 Å². The second-order valence-electron chi connectivity index (χ2n) is 5.57. The number of methoxy groups -OCH3 is 1. The molecule has 5 heteroatoms. The number of carboxylic acid groups (broad SMARTS) is 1. The molecule has 1 saturated carbocycles. The maximum Gasteiger partial charge on any atom is 0.305 e. The second kappa shape index (κ2) is 7.31. The van der Waals surface area contributed by atoms with Gasteiger partial charge in [-0.1, -0.05) is 12.1 Å². The van der Waals surface area contributed by atoms with Gasteiger partial charge >= 0.3 is 5.97 Å². The Balaban J connectivity index is 2.19. The number of carboxylic acids is 1. The van der Waals surface area contributed by atoms with E-state index in [1.807, 2.05) is 24.3 Å². The average Bonchev–Trinajstić information content (AvgIpc) is 2.49. The standard InChI is InChI=1S/C16H24N2O3/c1-21-13-6-4-5-12(11-13)18(10-9-16(19)20)15-8-3-2-7-14(15)17/h2-3,7-8,12-13H,4-6,9-11,17H2,1H3,(H,19,20). The molecule has 1 fully saturated rings. The summed E-state index contributed by atoms with van der Waals surface area (Å²) < 4.78 is 5.49. The molecular formula is C16H24N2O3. The van der Waals surface area contributed by atoms with Crippen LogP contribution >= 0.6 is 0 Å². The number of aliphatic carboxylic acids is 1. The SMILES string of the molecule is COC1CCCC(N(CCC(=O)O)c2ccccc2N)C1. The van der Waals surface area contributed by atoms with Crippen molar-refractivity contribution in [3.8, 4) is 0 Å². The Bertz CT molecular complexity index is 478. The van der Waals surface area contributed by atoms with Gasteiger partial charge in [0.1, 0.15) is 0 Å². The molecule has 0 aromatic heterocycles. The molecule has 1 aliphatic carbocycles. The third-order valence-electron chi connectivity index (χ3n) is 4.19. The molecule has 5 nitrogen and oxygen atoms in total. The molecule has 1 aromatic rings. The largest absolute Gasteiger partial charge is 0.481 e. The molecular weight excluding hydrogens is 268 g/mol. The molecule has 0 spiro atoms. The first-order valence-corrected chi connectivity index (χ1v) is 7.47. The van der Waals surface area contributed by atoms with Gasteiger partial charge in [0.2, 0.25) is 0 Å². The van der Waals surface area contributed by atoms with Gasteiger partial charge in [-0.2, -0.15) is 0 Å². The van der Waals surface area contributed by atoms with Crippen molar-refractivity contribution >= 4 is 17.3 Å². The van der Waals surface area contributed by atoms with E-state index < -0.39 is 5.97 Å². The fourth-order valence-corrected chi connectivity index (χ4v) is 3.08. The lowest BCUT2D eigenvalue weighted by Crippen LogP contribution is -2.42. The monoisotopic (exact) mass is 292 g/mol. The Kier molecular flexibility index (Phi) is 5.44. The van der Waals surface area contributed by atoms with Crippen LogP contribution in [0.15, 0.2) is 24.3 Å². The van der Waals surface area contributed by atoms with E-state index in [1.54, 1.807) is 7.11 Å². The number of hydrogen-bond acceptors (Lipinski definition) is 4. The van der Waals surface area contributed by atoms with Crippen LogP contribution in [0.25, 0.3) is 0 Å². The number of anilines is 2. The highest BCUT2D eigenvalue weighted by molar-refractivity contribution is 5.71. The van der Waals surface area contributed by atoms with Crippen molar-refractivity contribution in [2.75, 3.05) is 24.3 Å². The molecule has 116 valence electrons. The Morgan fingerprint density at radius 1 is 1.43 bits per heavy atom. The Morgan fingerprint density at radius 3 is 2.86 bits per heavy atom. The van der Waals surface area contributed by atoms with Gasteiger partial charge in [0, 0.05) is 19.7 Å². The van der Waals surface area contributed by atoms with E-state index in [1.165, 1.54) is 0 Å². The lowest BCUT2D eigenvalue weighted by Gasteiger charge is -2.39. The average molecular weight is 292 g/mol. The van der Waals surface area contributed by atoms with Crippen molar-refractivity contribution in [3.63, 3.8) is 0 Å². The topological polar surface area (TPSA) is 75.8 Å². The molecule has 0 heterocycles. The maximum atomic E-state index is 10.9. The molecule has 2 unspecified atom stereocenters. The fourth-order valence-electron chi connectivity index (χ4n) is 3.08. The molecule has 2 atom stereocenters. The van der Waals surface area contributed by atoms with E-state index in [4.69, 9.17) is 15.6 Å². The number of ether oxygens (including phenoxy) is 1. The van der Waals surface area contributed by atoms with Crippen LogP contribution in [0.3, 0.4) is 0 Å². The summed E-state index contributed by atoms with van der Waals surface area (Å²) in [5.74, 6) is -0.784. The number of nitrogens with zero attached hydrogens (tertiary/aromatic N) is 1. The first-order chi connectivity index (χ1) is 10.1. The van der Waals surface area contributed by atoms with E-state index in [0.29, 0.717) is 12.2 Å². The number of hydrogen-bond donors (Lipinski definition) is 2. The number of nitrogen functional groups attached to an aromatic ring is 1. The van der Waals surface area contributed by atoms with E-state index in [0.717, 1.165) is 31.4 Å². The van der Waals surface area contributed by atoms with Crippen LogP contribution in [0.1, 0.15) is 32.1 Å². The molecule has 0 bridgehead atoms. The smallest absolute Gasteiger partial charge is 0.305 e. The van der Waals surface area contributed by atoms with Gasteiger partial charge in [-0.05, 0) is 37.8 Å². The summed E-state index contributed by atoms with van der Waals surface area (Å²) in [5.41, 5.74) is 7.71. The number of benzene rings is 1. The highest BCUT2D eigenvalue weighted by atomic mass is 16.5. The Morgan fingerprint density at radius 2 is 2.19 bits per heavy atom. The molecule has 0 saturated heterocycles. The molecule has 0 aliphatic heterocycles. The molecule has 1 aliphatic rings. The Hall–Kier alpha value is -1.75. The number of para-hydroxylation sites is 2. The van der Waals surface area contributed by atoms with Crippen LogP contribution in [-0.2, 0) is 9.53 Å². The van der Waals surface area contributed by atoms with Gasteiger partial charge in [-0.15, -0.1) is 0 Å². The van der Waals surface area contributed by atoms with Crippen molar-refractivity contribution in [3.05, 3.63) is 24.3 Å². The van der Waals surface area contributed by atoms with Gasteiger partial charge in [0.25, 0.3) is 0 Å². The van der Waals surface area contributed by atoms with Gasteiger partial charge in [-0.25, -0.2) is 0 Å². The maximum absolute atomic E-state index is 10.9. The summed E-state index contributed by atoms with van der Waals surface area (Å²) in [7, 11) is 1.74. The van der Waals surface area contributed by atoms with Crippen LogP contribution in [0.2, 0.25) is 0 Å². The van der Waals surface area contributed by atoms with E-state index >= 15 is 0 Å². The third-order valence-corrected chi connectivity index (χ3v) is 4.19.